The summed E-state index contributed by atoms with van der Waals surface area (Å²) in [5.41, 5.74) is 4.05. The molecule has 0 N–H and O–H groups in total. The van der Waals surface area contributed by atoms with Gasteiger partial charge in [-0.1, -0.05) is 134 Å². The number of hydrogen-bond donors (Lipinski definition) is 0. The predicted molar refractivity (Wildman–Crippen MR) is 177 cm³/mol. The molecule has 0 saturated heterocycles. The Morgan fingerprint density at radius 3 is 1.37 bits per heavy atom. The second-order valence-electron chi connectivity index (χ2n) is 13.9. The predicted octanol–water partition coefficient (Wildman–Crippen LogP) is 12.6. The van der Waals surface area contributed by atoms with Crippen LogP contribution in [0.5, 0.6) is 0 Å². The molecule has 0 bridgehead atoms. The van der Waals surface area contributed by atoms with E-state index in [1.807, 2.05) is 0 Å². The molecule has 1 aromatic carbocycles. The first kappa shape index (κ1) is 32.2. The van der Waals surface area contributed by atoms with E-state index in [1.165, 1.54) is 159 Å². The molecule has 0 amide bonds. The molecule has 4 rings (SSSR count). The minimum absolute atomic E-state index is 0.660. The average Bonchev–Trinajstić information content (AvgIpc) is 3.03. The smallest absolute Gasteiger partial charge is 0.159 e. The Kier molecular flexibility index (Phi) is 14.7. The van der Waals surface area contributed by atoms with Crippen LogP contribution in [0, 0.1) is 11.8 Å². The molecular formula is C39H62N2. The SMILES string of the molecule is CCCCCCCCCCC1CCC(c2cnc(-c3ccc(C4CCC(CCCCCCC)CC4)cc3)nc2)CC1. The van der Waals surface area contributed by atoms with Gasteiger partial charge in [0.2, 0.25) is 0 Å². The summed E-state index contributed by atoms with van der Waals surface area (Å²) in [6.45, 7) is 4.61. The summed E-state index contributed by atoms with van der Waals surface area (Å²) < 4.78 is 0. The molecule has 0 spiro atoms. The minimum atomic E-state index is 0.660. The van der Waals surface area contributed by atoms with Crippen molar-refractivity contribution in [3.8, 4) is 11.4 Å². The van der Waals surface area contributed by atoms with Crippen LogP contribution in [-0.2, 0) is 0 Å². The number of unbranched alkanes of at least 4 members (excludes halogenated alkanes) is 11. The molecule has 2 fully saturated rings. The summed E-state index contributed by atoms with van der Waals surface area (Å²) >= 11 is 0. The van der Waals surface area contributed by atoms with Crippen LogP contribution in [0.4, 0.5) is 0 Å². The molecular weight excluding hydrogens is 496 g/mol. The molecule has 2 nitrogen and oxygen atoms in total. The van der Waals surface area contributed by atoms with Crippen molar-refractivity contribution in [1.82, 2.24) is 9.97 Å². The molecule has 2 heteroatoms. The average molecular weight is 559 g/mol. The van der Waals surface area contributed by atoms with Gasteiger partial charge in [0.15, 0.2) is 5.82 Å². The Labute approximate surface area is 253 Å². The van der Waals surface area contributed by atoms with Gasteiger partial charge in [0.25, 0.3) is 0 Å². The van der Waals surface area contributed by atoms with Crippen LogP contribution in [0.25, 0.3) is 11.4 Å². The molecule has 1 heterocycles. The largest absolute Gasteiger partial charge is 0.236 e. The van der Waals surface area contributed by atoms with Crippen molar-refractivity contribution < 1.29 is 0 Å². The van der Waals surface area contributed by atoms with Crippen molar-refractivity contribution in [3.05, 3.63) is 47.8 Å². The van der Waals surface area contributed by atoms with Crippen molar-refractivity contribution in [2.24, 2.45) is 11.8 Å². The first-order valence-corrected chi connectivity index (χ1v) is 18.2. The number of nitrogens with zero attached hydrogens (tertiary/aromatic N) is 2. The Morgan fingerprint density at radius 1 is 0.488 bits per heavy atom. The third kappa shape index (κ3) is 11.1. The van der Waals surface area contributed by atoms with Gasteiger partial charge >= 0.3 is 0 Å². The van der Waals surface area contributed by atoms with Gasteiger partial charge in [-0.2, -0.15) is 0 Å². The fourth-order valence-corrected chi connectivity index (χ4v) is 7.77. The molecule has 0 unspecified atom stereocenters. The van der Waals surface area contributed by atoms with Crippen LogP contribution in [0.1, 0.15) is 184 Å². The number of rotatable bonds is 18. The zero-order valence-electron chi connectivity index (χ0n) is 26.9. The lowest BCUT2D eigenvalue weighted by Gasteiger charge is -2.29. The van der Waals surface area contributed by atoms with Crippen molar-refractivity contribution in [1.29, 1.82) is 0 Å². The van der Waals surface area contributed by atoms with Crippen molar-refractivity contribution in [2.75, 3.05) is 0 Å². The maximum absolute atomic E-state index is 4.83. The second-order valence-corrected chi connectivity index (χ2v) is 13.9. The zero-order chi connectivity index (χ0) is 28.5. The lowest BCUT2D eigenvalue weighted by molar-refractivity contribution is 0.301. The monoisotopic (exact) mass is 558 g/mol. The standard InChI is InChI=1S/C39H62N2/c1-3-5-7-9-10-11-13-15-17-33-20-24-36(25-21-33)38-30-40-39(41-31-38)37-28-26-35(27-29-37)34-22-18-32(19-23-34)16-14-12-8-6-4-2/h26-34,36H,3-25H2,1-2H3. The summed E-state index contributed by atoms with van der Waals surface area (Å²) in [5, 5.41) is 0. The highest BCUT2D eigenvalue weighted by molar-refractivity contribution is 5.55. The van der Waals surface area contributed by atoms with E-state index in [9.17, 15) is 0 Å². The highest BCUT2D eigenvalue weighted by Crippen LogP contribution is 2.39. The Bertz CT molecular complexity index is 917. The molecule has 2 aliphatic rings. The van der Waals surface area contributed by atoms with Gasteiger partial charge in [0.1, 0.15) is 0 Å². The first-order valence-electron chi connectivity index (χ1n) is 18.2. The summed E-state index contributed by atoms with van der Waals surface area (Å²) in [4.78, 5) is 9.66. The second kappa shape index (κ2) is 18.8. The van der Waals surface area contributed by atoms with E-state index < -0.39 is 0 Å². The molecule has 2 saturated carbocycles. The molecule has 2 aliphatic carbocycles. The van der Waals surface area contributed by atoms with E-state index in [1.54, 1.807) is 0 Å². The quantitative estimate of drug-likeness (QED) is 0.170. The number of aromatic nitrogens is 2. The zero-order valence-corrected chi connectivity index (χ0v) is 26.9. The van der Waals surface area contributed by atoms with E-state index in [2.05, 4.69) is 50.5 Å². The Balaban J connectivity index is 1.13. The van der Waals surface area contributed by atoms with Crippen LogP contribution in [-0.4, -0.2) is 9.97 Å². The van der Waals surface area contributed by atoms with Crippen LogP contribution < -0.4 is 0 Å². The molecule has 2 aromatic rings. The van der Waals surface area contributed by atoms with E-state index in [-0.39, 0.29) is 0 Å². The Morgan fingerprint density at radius 2 is 0.902 bits per heavy atom. The molecule has 0 aliphatic heterocycles. The van der Waals surface area contributed by atoms with E-state index >= 15 is 0 Å². The van der Waals surface area contributed by atoms with Crippen molar-refractivity contribution >= 4 is 0 Å². The van der Waals surface area contributed by atoms with Crippen LogP contribution >= 0.6 is 0 Å². The summed E-state index contributed by atoms with van der Waals surface area (Å²) in [7, 11) is 0. The van der Waals surface area contributed by atoms with Crippen LogP contribution in [0.3, 0.4) is 0 Å². The van der Waals surface area contributed by atoms with Crippen LogP contribution in [0.15, 0.2) is 36.7 Å². The molecule has 0 radical (unpaired) electrons. The van der Waals surface area contributed by atoms with Crippen molar-refractivity contribution in [3.63, 3.8) is 0 Å². The summed E-state index contributed by atoms with van der Waals surface area (Å²) in [6.07, 6.45) is 36.7. The van der Waals surface area contributed by atoms with E-state index in [0.717, 1.165) is 29.1 Å². The highest BCUT2D eigenvalue weighted by Gasteiger charge is 2.24. The van der Waals surface area contributed by atoms with Gasteiger partial charge in [-0.3, -0.25) is 0 Å². The first-order chi connectivity index (χ1) is 20.3. The third-order valence-corrected chi connectivity index (χ3v) is 10.7. The normalized spacial score (nSPS) is 23.1. The number of benzene rings is 1. The van der Waals surface area contributed by atoms with Gasteiger partial charge in [-0.05, 0) is 86.2 Å². The highest BCUT2D eigenvalue weighted by atomic mass is 14.9. The fourth-order valence-electron chi connectivity index (χ4n) is 7.77. The van der Waals surface area contributed by atoms with Gasteiger partial charge in [-0.15, -0.1) is 0 Å². The van der Waals surface area contributed by atoms with Gasteiger partial charge in [-0.25, -0.2) is 9.97 Å². The van der Waals surface area contributed by atoms with E-state index in [4.69, 9.17) is 9.97 Å². The number of hydrogen-bond acceptors (Lipinski definition) is 2. The fraction of sp³-hybridized carbons (Fsp3) is 0.744. The minimum Gasteiger partial charge on any atom is -0.236 e. The lowest BCUT2D eigenvalue weighted by Crippen LogP contribution is -2.14. The summed E-state index contributed by atoms with van der Waals surface area (Å²) in [6, 6.07) is 9.24. The van der Waals surface area contributed by atoms with Gasteiger partial charge in [0.05, 0.1) is 0 Å². The maximum Gasteiger partial charge on any atom is 0.159 e. The topological polar surface area (TPSA) is 25.8 Å². The molecule has 41 heavy (non-hydrogen) atoms. The van der Waals surface area contributed by atoms with Crippen molar-refractivity contribution in [2.45, 2.75) is 173 Å². The van der Waals surface area contributed by atoms with Crippen LogP contribution in [0.2, 0.25) is 0 Å². The lowest BCUT2D eigenvalue weighted by atomic mass is 9.77. The van der Waals surface area contributed by atoms with E-state index in [0.29, 0.717) is 5.92 Å². The Hall–Kier alpha value is -1.70. The maximum atomic E-state index is 4.83. The molecule has 228 valence electrons. The molecule has 0 atom stereocenters. The molecule has 1 aromatic heterocycles. The summed E-state index contributed by atoms with van der Waals surface area (Å²) in [5.74, 6) is 4.22. The van der Waals surface area contributed by atoms with Gasteiger partial charge < -0.3 is 0 Å². The van der Waals surface area contributed by atoms with Gasteiger partial charge in [0, 0.05) is 18.0 Å². The third-order valence-electron chi connectivity index (χ3n) is 10.7.